The van der Waals surface area contributed by atoms with Gasteiger partial charge in [-0.15, -0.1) is 11.3 Å². The summed E-state index contributed by atoms with van der Waals surface area (Å²) in [5.41, 5.74) is 2.07. The van der Waals surface area contributed by atoms with Gasteiger partial charge in [-0.25, -0.2) is 9.59 Å². The molecule has 0 bridgehead atoms. The predicted octanol–water partition coefficient (Wildman–Crippen LogP) is 6.12. The molecule has 0 spiro atoms. The highest BCUT2D eigenvalue weighted by Crippen LogP contribution is 2.39. The number of carbonyl (C=O) groups is 1. The van der Waals surface area contributed by atoms with E-state index in [9.17, 15) is 14.4 Å². The number of carboxylic acids is 1. The van der Waals surface area contributed by atoms with Crippen LogP contribution in [0.4, 0.5) is 0 Å². The van der Waals surface area contributed by atoms with Gasteiger partial charge in [0.25, 0.3) is 5.56 Å². The number of nitrogens with one attached hydrogen (secondary N) is 1. The number of carboxylic acid groups (broad SMARTS) is 1. The van der Waals surface area contributed by atoms with E-state index in [-0.39, 0.29) is 10.9 Å². The molecule has 0 fully saturated rings. The van der Waals surface area contributed by atoms with Crippen molar-refractivity contribution in [3.63, 3.8) is 0 Å². The lowest BCUT2D eigenvalue weighted by Crippen LogP contribution is -2.32. The molecule has 0 aliphatic heterocycles. The van der Waals surface area contributed by atoms with E-state index in [0.717, 1.165) is 21.8 Å². The Morgan fingerprint density at radius 1 is 1.08 bits per heavy atom. The Kier molecular flexibility index (Phi) is 6.26. The molecule has 0 saturated heterocycles. The number of rotatable bonds is 2. The molecule has 7 heteroatoms. The van der Waals surface area contributed by atoms with Gasteiger partial charge < -0.3 is 5.11 Å². The smallest absolute Gasteiger partial charge is 0.337 e. The van der Waals surface area contributed by atoms with Gasteiger partial charge in [0.1, 0.15) is 4.83 Å². The number of H-pyrrole nitrogens is 1. The van der Waals surface area contributed by atoms with Gasteiger partial charge in [0.15, 0.2) is 0 Å². The highest BCUT2D eigenvalue weighted by Gasteiger charge is 2.21. The molecule has 0 radical (unpaired) electrons. The van der Waals surface area contributed by atoms with Gasteiger partial charge in [-0.1, -0.05) is 55.5 Å². The number of benzene rings is 3. The summed E-state index contributed by atoms with van der Waals surface area (Å²) >= 11 is 1.09. The molecule has 1 unspecified atom stereocenters. The number of nitrogens with zero attached hydrogens (tertiary/aromatic N) is 1. The van der Waals surface area contributed by atoms with Gasteiger partial charge in [0.05, 0.1) is 10.9 Å². The second-order valence-electron chi connectivity index (χ2n) is 9.35. The summed E-state index contributed by atoms with van der Waals surface area (Å²) < 4.78 is 0.862. The maximum atomic E-state index is 11.8. The molecular weight excluding hydrogens is 472 g/mol. The summed E-state index contributed by atoms with van der Waals surface area (Å²) in [5, 5.41) is 14.7. The van der Waals surface area contributed by atoms with E-state index < -0.39 is 17.2 Å². The third kappa shape index (κ3) is 3.93. The van der Waals surface area contributed by atoms with Crippen molar-refractivity contribution in [1.82, 2.24) is 9.55 Å². The first kappa shape index (κ1) is 24.0. The molecule has 3 aromatic carbocycles. The minimum Gasteiger partial charge on any atom is -0.478 e. The second kappa shape index (κ2) is 9.39. The van der Waals surface area contributed by atoms with Crippen molar-refractivity contribution >= 4 is 49.1 Å². The van der Waals surface area contributed by atoms with Gasteiger partial charge in [0, 0.05) is 11.9 Å². The van der Waals surface area contributed by atoms with Crippen LogP contribution in [-0.4, -0.2) is 20.6 Å². The summed E-state index contributed by atoms with van der Waals surface area (Å²) in [6, 6.07) is 18.1. The van der Waals surface area contributed by atoms with E-state index in [4.69, 9.17) is 5.11 Å². The van der Waals surface area contributed by atoms with Crippen LogP contribution in [0.25, 0.3) is 31.8 Å². The number of aromatic carboxylic acids is 1. The Balaban J connectivity index is 0.000000152. The number of thiophene rings is 1. The summed E-state index contributed by atoms with van der Waals surface area (Å²) in [6.07, 6.45) is 5.23. The largest absolute Gasteiger partial charge is 0.478 e. The topological polar surface area (TPSA) is 92.2 Å². The average Bonchev–Trinajstić information content (AvgIpc) is 3.22. The first-order valence-corrected chi connectivity index (χ1v) is 13.0. The lowest BCUT2D eigenvalue weighted by molar-refractivity contribution is 0.0698. The zero-order valence-electron chi connectivity index (χ0n) is 20.6. The zero-order valence-corrected chi connectivity index (χ0v) is 21.4. The number of hydrogen-bond donors (Lipinski definition) is 2. The average molecular weight is 501 g/mol. The molecule has 36 heavy (non-hydrogen) atoms. The molecule has 1 aliphatic carbocycles. The van der Waals surface area contributed by atoms with Gasteiger partial charge >= 0.3 is 11.7 Å². The maximum absolute atomic E-state index is 11.8. The fourth-order valence-electron chi connectivity index (χ4n) is 5.47. The molecule has 0 saturated carbocycles. The van der Waals surface area contributed by atoms with Crippen molar-refractivity contribution in [3.8, 4) is 0 Å². The quantitative estimate of drug-likeness (QED) is 0.286. The minimum absolute atomic E-state index is 0.0307. The summed E-state index contributed by atoms with van der Waals surface area (Å²) in [6.45, 7) is 3.93. The minimum atomic E-state index is -1.16. The second-order valence-corrected chi connectivity index (χ2v) is 10.6. The number of aromatic amines is 1. The molecule has 2 N–H and O–H groups in total. The van der Waals surface area contributed by atoms with Crippen LogP contribution >= 0.6 is 11.3 Å². The Morgan fingerprint density at radius 3 is 2.58 bits per heavy atom. The highest BCUT2D eigenvalue weighted by molar-refractivity contribution is 7.19. The maximum Gasteiger partial charge on any atom is 0.337 e. The van der Waals surface area contributed by atoms with E-state index in [1.165, 1.54) is 54.3 Å². The standard InChI is InChI=1S/C20H20.C9H8N2O4S/c1-2-14-7-5-9-18-17(14)12-13-19-16-8-4-3-6-15(16)10-11-20(18)19;1-3-4(8(13)14)5-6(16-3)10-9(15)11(2)7(5)12/h3-4,6,8,10-14H,2,5,7,9H2,1H3;1-2H3,(H,10,15)(H,13,14). The van der Waals surface area contributed by atoms with Gasteiger partial charge in [-0.2, -0.15) is 0 Å². The van der Waals surface area contributed by atoms with Gasteiger partial charge in [-0.3, -0.25) is 14.3 Å². The van der Waals surface area contributed by atoms with Crippen LogP contribution in [0.2, 0.25) is 0 Å². The number of hydrogen-bond acceptors (Lipinski definition) is 4. The first-order chi connectivity index (χ1) is 17.3. The van der Waals surface area contributed by atoms with Crippen molar-refractivity contribution in [1.29, 1.82) is 0 Å². The third-order valence-electron chi connectivity index (χ3n) is 7.33. The van der Waals surface area contributed by atoms with E-state index in [1.807, 2.05) is 0 Å². The molecule has 5 aromatic rings. The highest BCUT2D eigenvalue weighted by atomic mass is 32.1. The first-order valence-electron chi connectivity index (χ1n) is 12.2. The molecule has 0 amide bonds. The number of aryl methyl sites for hydroxylation is 2. The fraction of sp³-hybridized carbons (Fsp3) is 0.276. The SMILES string of the molecule is CCC1CCCc2c1ccc1c2ccc2ccccc21.Cc1sc2[nH]c(=O)n(C)c(=O)c2c1C(=O)O. The molecule has 2 heterocycles. The van der Waals surface area contributed by atoms with Crippen molar-refractivity contribution in [3.05, 3.63) is 90.9 Å². The molecule has 1 atom stereocenters. The predicted molar refractivity (Wildman–Crippen MR) is 147 cm³/mol. The van der Waals surface area contributed by atoms with Crippen molar-refractivity contribution < 1.29 is 9.90 Å². The van der Waals surface area contributed by atoms with Crippen LogP contribution < -0.4 is 11.2 Å². The van der Waals surface area contributed by atoms with Crippen molar-refractivity contribution in [2.75, 3.05) is 0 Å². The summed E-state index contributed by atoms with van der Waals surface area (Å²) in [7, 11) is 1.30. The Bertz CT molecular complexity index is 1760. The lowest BCUT2D eigenvalue weighted by atomic mass is 9.79. The van der Waals surface area contributed by atoms with Crippen LogP contribution in [0.5, 0.6) is 0 Å². The molecule has 1 aliphatic rings. The Morgan fingerprint density at radius 2 is 1.83 bits per heavy atom. The van der Waals surface area contributed by atoms with E-state index in [1.54, 1.807) is 18.1 Å². The van der Waals surface area contributed by atoms with E-state index in [0.29, 0.717) is 9.71 Å². The Hall–Kier alpha value is -3.71. The Labute approximate surface area is 211 Å². The summed E-state index contributed by atoms with van der Waals surface area (Å²) in [4.78, 5) is 37.4. The normalized spacial score (nSPS) is 15.0. The van der Waals surface area contributed by atoms with Crippen LogP contribution in [0, 0.1) is 6.92 Å². The van der Waals surface area contributed by atoms with Crippen LogP contribution in [0.15, 0.2) is 58.1 Å². The van der Waals surface area contributed by atoms with E-state index in [2.05, 4.69) is 60.4 Å². The zero-order chi connectivity index (χ0) is 25.6. The van der Waals surface area contributed by atoms with Crippen molar-refractivity contribution in [2.24, 2.45) is 7.05 Å². The van der Waals surface area contributed by atoms with Gasteiger partial charge in [-0.05, 0) is 71.2 Å². The van der Waals surface area contributed by atoms with Crippen molar-refractivity contribution in [2.45, 2.75) is 45.4 Å². The van der Waals surface area contributed by atoms with Gasteiger partial charge in [0.2, 0.25) is 0 Å². The molecule has 6 nitrogen and oxygen atoms in total. The summed E-state index contributed by atoms with van der Waals surface area (Å²) in [5.74, 6) is -0.387. The fourth-order valence-corrected chi connectivity index (χ4v) is 6.50. The molecule has 6 rings (SSSR count). The molecular formula is C29H28N2O4S. The van der Waals surface area contributed by atoms with Crippen LogP contribution in [0.3, 0.4) is 0 Å². The molecule has 184 valence electrons. The number of aromatic nitrogens is 2. The van der Waals surface area contributed by atoms with Crippen LogP contribution in [-0.2, 0) is 13.5 Å². The van der Waals surface area contributed by atoms with E-state index >= 15 is 0 Å². The number of fused-ring (bicyclic) bond motifs is 6. The third-order valence-corrected chi connectivity index (χ3v) is 8.35. The molecule has 2 aromatic heterocycles. The monoisotopic (exact) mass is 500 g/mol. The lowest BCUT2D eigenvalue weighted by Gasteiger charge is -2.26. The van der Waals surface area contributed by atoms with Crippen LogP contribution in [0.1, 0.15) is 58.5 Å².